The van der Waals surface area contributed by atoms with E-state index in [1.54, 1.807) is 0 Å². The molecule has 0 bridgehead atoms. The number of aliphatic hydroxyl groups is 2. The van der Waals surface area contributed by atoms with Gasteiger partial charge in [0.1, 0.15) is 0 Å². The van der Waals surface area contributed by atoms with E-state index in [0.29, 0.717) is 0 Å². The highest BCUT2D eigenvalue weighted by Crippen LogP contribution is 2.22. The van der Waals surface area contributed by atoms with Gasteiger partial charge in [0.15, 0.2) is 11.6 Å². The van der Waals surface area contributed by atoms with Gasteiger partial charge in [-0.05, 0) is 30.0 Å². The molecule has 6 nitrogen and oxygen atoms in total. The molecule has 140 valence electrons. The minimum atomic E-state index is -1.16. The van der Waals surface area contributed by atoms with Crippen LogP contribution in [0.3, 0.4) is 0 Å². The van der Waals surface area contributed by atoms with Crippen LogP contribution < -0.4 is 10.6 Å². The predicted octanol–water partition coefficient (Wildman–Crippen LogP) is 0.969. The smallest absolute Gasteiger partial charge is 0.251 e. The van der Waals surface area contributed by atoms with Crippen LogP contribution in [0, 0.1) is 17.0 Å². The number of carbonyl (C=O) groups is 2. The zero-order valence-electron chi connectivity index (χ0n) is 14.5. The summed E-state index contributed by atoms with van der Waals surface area (Å²) in [5, 5.41) is 24.1. The maximum absolute atomic E-state index is 13.1. The zero-order valence-corrected chi connectivity index (χ0v) is 14.5. The highest BCUT2D eigenvalue weighted by Gasteiger charge is 2.26. The molecule has 1 aromatic rings. The van der Waals surface area contributed by atoms with E-state index < -0.39 is 47.6 Å². The Morgan fingerprint density at radius 3 is 2.36 bits per heavy atom. The molecule has 0 aromatic heterocycles. The predicted molar refractivity (Wildman–Crippen MR) is 87.8 cm³/mol. The molecule has 2 atom stereocenters. The number of hydrogen-bond acceptors (Lipinski definition) is 4. The Kier molecular flexibility index (Phi) is 7.44. The summed E-state index contributed by atoms with van der Waals surface area (Å²) < 4.78 is 25.9. The van der Waals surface area contributed by atoms with Crippen LogP contribution in [-0.4, -0.2) is 47.3 Å². The molecule has 0 fully saturated rings. The third kappa shape index (κ3) is 6.75. The Bertz CT molecular complexity index is 617. The third-order valence-electron chi connectivity index (χ3n) is 3.68. The highest BCUT2D eigenvalue weighted by molar-refractivity contribution is 5.96. The summed E-state index contributed by atoms with van der Waals surface area (Å²) in [6.45, 7) is 4.72. The Morgan fingerprint density at radius 2 is 1.84 bits per heavy atom. The fraction of sp³-hybridized carbons (Fsp3) is 0.529. The Hall–Kier alpha value is -2.06. The second-order valence-electron chi connectivity index (χ2n) is 6.88. The molecule has 0 spiro atoms. The van der Waals surface area contributed by atoms with Crippen molar-refractivity contribution in [1.82, 2.24) is 10.6 Å². The molecule has 0 saturated heterocycles. The van der Waals surface area contributed by atoms with Crippen molar-refractivity contribution < 1.29 is 28.6 Å². The van der Waals surface area contributed by atoms with Crippen molar-refractivity contribution in [3.05, 3.63) is 35.4 Å². The maximum atomic E-state index is 13.1. The van der Waals surface area contributed by atoms with Crippen LogP contribution in [0.2, 0.25) is 0 Å². The molecular weight excluding hydrogens is 334 g/mol. The van der Waals surface area contributed by atoms with E-state index in [1.807, 2.05) is 20.8 Å². The molecule has 8 heteroatoms. The van der Waals surface area contributed by atoms with Gasteiger partial charge in [-0.1, -0.05) is 20.8 Å². The summed E-state index contributed by atoms with van der Waals surface area (Å²) in [5.41, 5.74) is -0.521. The quantitative estimate of drug-likeness (QED) is 0.584. The van der Waals surface area contributed by atoms with Gasteiger partial charge in [-0.2, -0.15) is 0 Å². The molecule has 0 radical (unpaired) electrons. The summed E-state index contributed by atoms with van der Waals surface area (Å²) in [7, 11) is 0. The van der Waals surface area contributed by atoms with E-state index in [0.717, 1.165) is 18.2 Å². The average Bonchev–Trinajstić information content (AvgIpc) is 2.53. The van der Waals surface area contributed by atoms with Crippen molar-refractivity contribution in [3.63, 3.8) is 0 Å². The molecule has 2 amide bonds. The highest BCUT2D eigenvalue weighted by atomic mass is 19.2. The maximum Gasteiger partial charge on any atom is 0.251 e. The average molecular weight is 358 g/mol. The number of aliphatic hydroxyl groups excluding tert-OH is 2. The van der Waals surface area contributed by atoms with Gasteiger partial charge in [-0.25, -0.2) is 8.78 Å². The first kappa shape index (κ1) is 21.0. The molecule has 0 heterocycles. The molecule has 0 saturated carbocycles. The van der Waals surface area contributed by atoms with Crippen molar-refractivity contribution in [2.75, 3.05) is 13.2 Å². The summed E-state index contributed by atoms with van der Waals surface area (Å²) in [6, 6.07) is 1.99. The van der Waals surface area contributed by atoms with E-state index in [4.69, 9.17) is 0 Å². The summed E-state index contributed by atoms with van der Waals surface area (Å²) >= 11 is 0. The van der Waals surface area contributed by atoms with Crippen molar-refractivity contribution in [2.45, 2.75) is 39.3 Å². The molecule has 1 rings (SSSR count). The lowest BCUT2D eigenvalue weighted by Gasteiger charge is -2.29. The van der Waals surface area contributed by atoms with Crippen LogP contribution in [0.15, 0.2) is 18.2 Å². The minimum absolute atomic E-state index is 0.117. The van der Waals surface area contributed by atoms with Crippen LogP contribution in [0.5, 0.6) is 0 Å². The standard InChI is InChI=1S/C17H24F2N2O4/c1-17(2,3)14(23)7-11(9-22)21-15(24)8-20-16(25)10-4-5-12(18)13(19)6-10/h4-6,11,14,22-23H,7-9H2,1-3H3,(H,20,25)(H,21,24)/t11-,14-/m1/s1. The largest absolute Gasteiger partial charge is 0.394 e. The summed E-state index contributed by atoms with van der Waals surface area (Å²) in [6.07, 6.45) is -0.579. The van der Waals surface area contributed by atoms with E-state index >= 15 is 0 Å². The Balaban J connectivity index is 2.52. The van der Waals surface area contributed by atoms with E-state index in [2.05, 4.69) is 10.6 Å². The van der Waals surface area contributed by atoms with Crippen LogP contribution in [-0.2, 0) is 4.79 Å². The first-order chi connectivity index (χ1) is 11.5. The van der Waals surface area contributed by atoms with Gasteiger partial charge in [-0.3, -0.25) is 9.59 Å². The minimum Gasteiger partial charge on any atom is -0.394 e. The topological polar surface area (TPSA) is 98.7 Å². The van der Waals surface area contributed by atoms with Crippen molar-refractivity contribution in [1.29, 1.82) is 0 Å². The number of nitrogens with one attached hydrogen (secondary N) is 2. The van der Waals surface area contributed by atoms with Crippen molar-refractivity contribution in [2.24, 2.45) is 5.41 Å². The van der Waals surface area contributed by atoms with Gasteiger partial charge in [0, 0.05) is 5.56 Å². The number of rotatable bonds is 7. The Labute approximate surface area is 145 Å². The molecule has 0 aliphatic heterocycles. The molecular formula is C17H24F2N2O4. The molecule has 0 aliphatic rings. The van der Waals surface area contributed by atoms with Gasteiger partial charge >= 0.3 is 0 Å². The van der Waals surface area contributed by atoms with Crippen LogP contribution in [0.4, 0.5) is 8.78 Å². The number of amides is 2. The van der Waals surface area contributed by atoms with Crippen LogP contribution >= 0.6 is 0 Å². The van der Waals surface area contributed by atoms with E-state index in [1.165, 1.54) is 0 Å². The normalized spacial score (nSPS) is 13.9. The monoisotopic (exact) mass is 358 g/mol. The van der Waals surface area contributed by atoms with Crippen LogP contribution in [0.25, 0.3) is 0 Å². The first-order valence-electron chi connectivity index (χ1n) is 7.86. The van der Waals surface area contributed by atoms with E-state index in [9.17, 15) is 28.6 Å². The molecule has 25 heavy (non-hydrogen) atoms. The zero-order chi connectivity index (χ0) is 19.2. The van der Waals surface area contributed by atoms with Crippen molar-refractivity contribution >= 4 is 11.8 Å². The SMILES string of the molecule is CC(C)(C)[C@H](O)C[C@H](CO)NC(=O)CNC(=O)c1ccc(F)c(F)c1. The van der Waals surface area contributed by atoms with Gasteiger partial charge in [0.05, 0.1) is 25.3 Å². The van der Waals surface area contributed by atoms with Gasteiger partial charge in [0.2, 0.25) is 5.91 Å². The fourth-order valence-electron chi connectivity index (χ4n) is 1.98. The summed E-state index contributed by atoms with van der Waals surface area (Å²) in [4.78, 5) is 23.7. The van der Waals surface area contributed by atoms with Gasteiger partial charge in [0.25, 0.3) is 5.91 Å². The molecule has 4 N–H and O–H groups in total. The number of benzene rings is 1. The lowest BCUT2D eigenvalue weighted by Crippen LogP contribution is -2.46. The lowest BCUT2D eigenvalue weighted by molar-refractivity contribution is -0.121. The second-order valence-corrected chi connectivity index (χ2v) is 6.88. The molecule has 0 unspecified atom stereocenters. The van der Waals surface area contributed by atoms with Gasteiger partial charge in [-0.15, -0.1) is 0 Å². The fourth-order valence-corrected chi connectivity index (χ4v) is 1.98. The number of halogens is 2. The van der Waals surface area contributed by atoms with E-state index in [-0.39, 0.29) is 18.6 Å². The number of carbonyl (C=O) groups excluding carboxylic acids is 2. The molecule has 0 aliphatic carbocycles. The lowest BCUT2D eigenvalue weighted by atomic mass is 9.85. The first-order valence-corrected chi connectivity index (χ1v) is 7.86. The molecule has 1 aromatic carbocycles. The van der Waals surface area contributed by atoms with Crippen LogP contribution in [0.1, 0.15) is 37.6 Å². The van der Waals surface area contributed by atoms with Crippen molar-refractivity contribution in [3.8, 4) is 0 Å². The second kappa shape index (κ2) is 8.87. The number of hydrogen-bond donors (Lipinski definition) is 4. The van der Waals surface area contributed by atoms with Gasteiger partial charge < -0.3 is 20.8 Å². The Morgan fingerprint density at radius 1 is 1.20 bits per heavy atom. The summed E-state index contributed by atoms with van der Waals surface area (Å²) in [5.74, 6) is -3.54. The third-order valence-corrected chi connectivity index (χ3v) is 3.68.